The fraction of sp³-hybridized carbons (Fsp3) is 0.333. The molecule has 0 saturated carbocycles. The largest absolute Gasteiger partial charge is 0.383 e. The third kappa shape index (κ3) is 4.56. The van der Waals surface area contributed by atoms with Crippen molar-refractivity contribution in [2.45, 2.75) is 17.9 Å². The fourth-order valence-electron chi connectivity index (χ4n) is 2.44. The monoisotopic (exact) mass is 332 g/mol. The number of rotatable bonds is 7. The van der Waals surface area contributed by atoms with Crippen LogP contribution in [-0.2, 0) is 9.84 Å². The minimum atomic E-state index is -3.14. The molecule has 1 N–H and O–H groups in total. The predicted molar refractivity (Wildman–Crippen MR) is 95.5 cm³/mol. The maximum atomic E-state index is 11.8. The van der Waals surface area contributed by atoms with Crippen LogP contribution >= 0.6 is 0 Å². The first kappa shape index (κ1) is 17.5. The molecular weight excluding hydrogens is 308 g/mol. The van der Waals surface area contributed by atoms with Gasteiger partial charge < -0.3 is 10.2 Å². The molecule has 0 amide bonds. The molecule has 124 valence electrons. The van der Waals surface area contributed by atoms with Gasteiger partial charge in [0.25, 0.3) is 0 Å². The van der Waals surface area contributed by atoms with Gasteiger partial charge in [0, 0.05) is 12.2 Å². The number of benzene rings is 2. The molecular formula is C18H24N2O2S. The van der Waals surface area contributed by atoms with Crippen molar-refractivity contribution in [3.05, 3.63) is 60.2 Å². The molecule has 0 fully saturated rings. The van der Waals surface area contributed by atoms with Crippen LogP contribution in [0.2, 0.25) is 0 Å². The van der Waals surface area contributed by atoms with E-state index >= 15 is 0 Å². The van der Waals surface area contributed by atoms with Gasteiger partial charge in [-0.1, -0.05) is 37.3 Å². The van der Waals surface area contributed by atoms with E-state index < -0.39 is 9.84 Å². The van der Waals surface area contributed by atoms with Crippen molar-refractivity contribution in [3.8, 4) is 0 Å². The SMILES string of the molecule is CCS(=O)(=O)c1ccc(NCC(c2ccccc2)N(C)C)cc1. The lowest BCUT2D eigenvalue weighted by atomic mass is 10.1. The van der Waals surface area contributed by atoms with Crippen molar-refractivity contribution in [1.82, 2.24) is 4.90 Å². The van der Waals surface area contributed by atoms with E-state index in [1.54, 1.807) is 19.1 Å². The predicted octanol–water partition coefficient (Wildman–Crippen LogP) is 3.20. The van der Waals surface area contributed by atoms with E-state index in [2.05, 4.69) is 36.4 Å². The van der Waals surface area contributed by atoms with Gasteiger partial charge in [-0.3, -0.25) is 0 Å². The maximum Gasteiger partial charge on any atom is 0.178 e. The highest BCUT2D eigenvalue weighted by Crippen LogP contribution is 2.20. The Labute approximate surface area is 139 Å². The van der Waals surface area contributed by atoms with Crippen molar-refractivity contribution in [1.29, 1.82) is 0 Å². The number of likely N-dealkylation sites (N-methyl/N-ethyl adjacent to an activating group) is 1. The molecule has 1 unspecified atom stereocenters. The highest BCUT2D eigenvalue weighted by atomic mass is 32.2. The lowest BCUT2D eigenvalue weighted by Gasteiger charge is -2.25. The molecule has 0 aliphatic carbocycles. The molecule has 4 nitrogen and oxygen atoms in total. The molecule has 0 spiro atoms. The zero-order valence-corrected chi connectivity index (χ0v) is 14.7. The first-order valence-electron chi connectivity index (χ1n) is 7.72. The average Bonchev–Trinajstić information content (AvgIpc) is 2.56. The average molecular weight is 332 g/mol. The topological polar surface area (TPSA) is 49.4 Å². The van der Waals surface area contributed by atoms with Crippen molar-refractivity contribution < 1.29 is 8.42 Å². The van der Waals surface area contributed by atoms with Gasteiger partial charge in [-0.15, -0.1) is 0 Å². The molecule has 0 heterocycles. The van der Waals surface area contributed by atoms with Crippen LogP contribution in [0.25, 0.3) is 0 Å². The highest BCUT2D eigenvalue weighted by Gasteiger charge is 2.14. The van der Waals surface area contributed by atoms with E-state index in [9.17, 15) is 8.42 Å². The minimum Gasteiger partial charge on any atom is -0.383 e. The number of anilines is 1. The van der Waals surface area contributed by atoms with E-state index in [1.807, 2.05) is 30.3 Å². The molecule has 5 heteroatoms. The van der Waals surface area contributed by atoms with E-state index in [0.29, 0.717) is 4.90 Å². The van der Waals surface area contributed by atoms with E-state index in [0.717, 1.165) is 12.2 Å². The van der Waals surface area contributed by atoms with Crippen LogP contribution in [0.1, 0.15) is 18.5 Å². The summed E-state index contributed by atoms with van der Waals surface area (Å²) in [5.74, 6) is 0.122. The molecule has 0 aromatic heterocycles. The van der Waals surface area contributed by atoms with Gasteiger partial charge >= 0.3 is 0 Å². The third-order valence-electron chi connectivity index (χ3n) is 3.90. The lowest BCUT2D eigenvalue weighted by Crippen LogP contribution is -2.26. The van der Waals surface area contributed by atoms with Gasteiger partial charge in [0.1, 0.15) is 0 Å². The van der Waals surface area contributed by atoms with Gasteiger partial charge in [-0.25, -0.2) is 8.42 Å². The Bertz CT molecular complexity index is 710. The molecule has 0 aliphatic rings. The number of hydrogen-bond donors (Lipinski definition) is 1. The van der Waals surface area contributed by atoms with Gasteiger partial charge in [0.05, 0.1) is 16.7 Å². The van der Waals surface area contributed by atoms with E-state index in [4.69, 9.17) is 0 Å². The van der Waals surface area contributed by atoms with Crippen LogP contribution in [0, 0.1) is 0 Å². The van der Waals surface area contributed by atoms with Gasteiger partial charge in [0.2, 0.25) is 0 Å². The summed E-state index contributed by atoms with van der Waals surface area (Å²) >= 11 is 0. The Morgan fingerprint density at radius 1 is 1.00 bits per heavy atom. The summed E-state index contributed by atoms with van der Waals surface area (Å²) in [6, 6.07) is 17.5. The molecule has 23 heavy (non-hydrogen) atoms. The van der Waals surface area contributed by atoms with Crippen LogP contribution in [-0.4, -0.2) is 39.7 Å². The van der Waals surface area contributed by atoms with Crippen molar-refractivity contribution in [2.75, 3.05) is 31.7 Å². The molecule has 0 bridgehead atoms. The quantitative estimate of drug-likeness (QED) is 0.846. The zero-order valence-electron chi connectivity index (χ0n) is 13.9. The lowest BCUT2D eigenvalue weighted by molar-refractivity contribution is 0.312. The molecule has 2 rings (SSSR count). The van der Waals surface area contributed by atoms with E-state index in [-0.39, 0.29) is 11.8 Å². The Morgan fingerprint density at radius 3 is 2.13 bits per heavy atom. The van der Waals surface area contributed by atoms with E-state index in [1.165, 1.54) is 5.56 Å². The first-order chi connectivity index (χ1) is 10.9. The zero-order chi connectivity index (χ0) is 16.9. The third-order valence-corrected chi connectivity index (χ3v) is 5.65. The summed E-state index contributed by atoms with van der Waals surface area (Å²) < 4.78 is 23.7. The Hall–Kier alpha value is -1.85. The number of sulfone groups is 1. The Balaban J connectivity index is 2.07. The fourth-order valence-corrected chi connectivity index (χ4v) is 3.32. The standard InChI is InChI=1S/C18H24N2O2S/c1-4-23(21,22)17-12-10-16(11-13-17)19-14-18(20(2)3)15-8-6-5-7-9-15/h5-13,18-19H,4,14H2,1-3H3. The summed E-state index contributed by atoms with van der Waals surface area (Å²) in [6.45, 7) is 2.40. The Morgan fingerprint density at radius 2 is 1.61 bits per heavy atom. The summed E-state index contributed by atoms with van der Waals surface area (Å²) in [7, 11) is 0.965. The number of nitrogens with zero attached hydrogens (tertiary/aromatic N) is 1. The molecule has 0 aliphatic heterocycles. The summed E-state index contributed by atoms with van der Waals surface area (Å²) in [6.07, 6.45) is 0. The first-order valence-corrected chi connectivity index (χ1v) is 9.37. The minimum absolute atomic E-state index is 0.122. The highest BCUT2D eigenvalue weighted by molar-refractivity contribution is 7.91. The number of hydrogen-bond acceptors (Lipinski definition) is 4. The van der Waals surface area contributed by atoms with Crippen LogP contribution in [0.3, 0.4) is 0 Å². The van der Waals surface area contributed by atoms with Gasteiger partial charge in [-0.05, 0) is 43.9 Å². The molecule has 0 radical (unpaired) electrons. The van der Waals surface area contributed by atoms with Crippen molar-refractivity contribution >= 4 is 15.5 Å². The second-order valence-electron chi connectivity index (χ2n) is 5.70. The van der Waals surface area contributed by atoms with Crippen LogP contribution in [0.4, 0.5) is 5.69 Å². The molecule has 2 aromatic rings. The smallest absolute Gasteiger partial charge is 0.178 e. The molecule has 0 saturated heterocycles. The maximum absolute atomic E-state index is 11.8. The second-order valence-corrected chi connectivity index (χ2v) is 7.98. The summed E-state index contributed by atoms with van der Waals surface area (Å²) in [5.41, 5.74) is 2.16. The Kier molecular flexibility index (Phi) is 5.80. The normalized spacial score (nSPS) is 13.0. The summed E-state index contributed by atoms with van der Waals surface area (Å²) in [5, 5.41) is 3.38. The van der Waals surface area contributed by atoms with Crippen molar-refractivity contribution in [3.63, 3.8) is 0 Å². The van der Waals surface area contributed by atoms with Crippen LogP contribution in [0.5, 0.6) is 0 Å². The van der Waals surface area contributed by atoms with Crippen LogP contribution < -0.4 is 5.32 Å². The molecule has 2 aromatic carbocycles. The van der Waals surface area contributed by atoms with Crippen LogP contribution in [0.15, 0.2) is 59.5 Å². The van der Waals surface area contributed by atoms with Gasteiger partial charge in [-0.2, -0.15) is 0 Å². The molecule has 1 atom stereocenters. The second kappa shape index (κ2) is 7.62. The number of nitrogens with one attached hydrogen (secondary N) is 1. The summed E-state index contributed by atoms with van der Waals surface area (Å²) in [4.78, 5) is 2.54. The van der Waals surface area contributed by atoms with Gasteiger partial charge in [0.15, 0.2) is 9.84 Å². The van der Waals surface area contributed by atoms with Crippen molar-refractivity contribution in [2.24, 2.45) is 0 Å².